The summed E-state index contributed by atoms with van der Waals surface area (Å²) in [4.78, 5) is 12.0. The summed E-state index contributed by atoms with van der Waals surface area (Å²) in [6, 6.07) is 5.43. The molecule has 2 amide bonds. The Bertz CT molecular complexity index is 503. The summed E-state index contributed by atoms with van der Waals surface area (Å²) < 4.78 is 11.2. The average molecular weight is 306 g/mol. The molecule has 122 valence electrons. The molecular weight excluding hydrogens is 280 g/mol. The Morgan fingerprint density at radius 2 is 1.86 bits per heavy atom. The highest BCUT2D eigenvalue weighted by Crippen LogP contribution is 2.32. The van der Waals surface area contributed by atoms with E-state index in [2.05, 4.69) is 24.5 Å². The molecule has 1 atom stereocenters. The number of benzene rings is 1. The number of fused-ring (bicyclic) bond motifs is 1. The third kappa shape index (κ3) is 5.13. The highest BCUT2D eigenvalue weighted by atomic mass is 16.5. The number of nitrogens with one attached hydrogen (secondary N) is 2. The summed E-state index contributed by atoms with van der Waals surface area (Å²) in [6.45, 7) is 7.69. The molecule has 5 heteroatoms. The molecule has 0 aliphatic carbocycles. The number of anilines is 1. The van der Waals surface area contributed by atoms with Crippen molar-refractivity contribution in [3.8, 4) is 11.5 Å². The predicted molar refractivity (Wildman–Crippen MR) is 87.7 cm³/mol. The van der Waals surface area contributed by atoms with Crippen LogP contribution in [-0.4, -0.2) is 25.3 Å². The Balaban J connectivity index is 1.87. The number of amides is 2. The molecule has 0 aromatic heterocycles. The van der Waals surface area contributed by atoms with Gasteiger partial charge in [0.1, 0.15) is 0 Å². The van der Waals surface area contributed by atoms with Gasteiger partial charge in [-0.2, -0.15) is 0 Å². The van der Waals surface area contributed by atoms with Crippen molar-refractivity contribution in [2.24, 2.45) is 5.92 Å². The van der Waals surface area contributed by atoms with Gasteiger partial charge in [-0.15, -0.1) is 0 Å². The van der Waals surface area contributed by atoms with Crippen molar-refractivity contribution in [3.63, 3.8) is 0 Å². The first-order valence-corrected chi connectivity index (χ1v) is 8.01. The maximum atomic E-state index is 12.0. The third-order valence-corrected chi connectivity index (χ3v) is 3.56. The third-order valence-electron chi connectivity index (χ3n) is 3.56. The second-order valence-corrected chi connectivity index (χ2v) is 6.18. The Morgan fingerprint density at radius 1 is 1.14 bits per heavy atom. The zero-order valence-corrected chi connectivity index (χ0v) is 13.6. The molecule has 2 N–H and O–H groups in total. The highest BCUT2D eigenvalue weighted by molar-refractivity contribution is 5.89. The van der Waals surface area contributed by atoms with Crippen LogP contribution in [-0.2, 0) is 0 Å². The number of carbonyl (C=O) groups is 1. The Hall–Kier alpha value is -1.91. The van der Waals surface area contributed by atoms with Crippen LogP contribution in [0.4, 0.5) is 10.5 Å². The molecule has 0 saturated carbocycles. The molecule has 0 bridgehead atoms. The zero-order chi connectivity index (χ0) is 15.9. The molecule has 1 aliphatic rings. The molecule has 1 heterocycles. The number of rotatable bonds is 5. The van der Waals surface area contributed by atoms with Crippen LogP contribution in [0.5, 0.6) is 11.5 Å². The van der Waals surface area contributed by atoms with E-state index >= 15 is 0 Å². The van der Waals surface area contributed by atoms with E-state index in [-0.39, 0.29) is 12.1 Å². The van der Waals surface area contributed by atoms with Crippen molar-refractivity contribution < 1.29 is 14.3 Å². The number of hydrogen-bond acceptors (Lipinski definition) is 3. The Labute approximate surface area is 132 Å². The van der Waals surface area contributed by atoms with E-state index in [1.165, 1.54) is 0 Å². The lowest BCUT2D eigenvalue weighted by Gasteiger charge is -2.16. The van der Waals surface area contributed by atoms with Gasteiger partial charge in [0.15, 0.2) is 11.5 Å². The minimum absolute atomic E-state index is 0.155. The van der Waals surface area contributed by atoms with Gasteiger partial charge in [0.05, 0.1) is 13.2 Å². The van der Waals surface area contributed by atoms with E-state index in [1.807, 2.05) is 19.1 Å². The summed E-state index contributed by atoms with van der Waals surface area (Å²) >= 11 is 0. The van der Waals surface area contributed by atoms with Gasteiger partial charge in [0.2, 0.25) is 0 Å². The van der Waals surface area contributed by atoms with Crippen LogP contribution in [0.1, 0.15) is 40.0 Å². The topological polar surface area (TPSA) is 59.6 Å². The smallest absolute Gasteiger partial charge is 0.319 e. The van der Waals surface area contributed by atoms with E-state index in [4.69, 9.17) is 9.47 Å². The molecule has 1 aromatic carbocycles. The molecule has 1 aromatic rings. The van der Waals surface area contributed by atoms with Gasteiger partial charge in [0.25, 0.3) is 0 Å². The monoisotopic (exact) mass is 306 g/mol. The number of ether oxygens (including phenoxy) is 2. The molecule has 22 heavy (non-hydrogen) atoms. The number of urea groups is 1. The van der Waals surface area contributed by atoms with E-state index in [9.17, 15) is 4.79 Å². The van der Waals surface area contributed by atoms with E-state index in [1.54, 1.807) is 6.07 Å². The first kappa shape index (κ1) is 16.5. The average Bonchev–Trinajstić information content (AvgIpc) is 2.69. The van der Waals surface area contributed by atoms with Gasteiger partial charge in [-0.25, -0.2) is 4.79 Å². The largest absolute Gasteiger partial charge is 0.490 e. The fraction of sp³-hybridized carbons (Fsp3) is 0.588. The van der Waals surface area contributed by atoms with Crippen LogP contribution in [0.25, 0.3) is 0 Å². The van der Waals surface area contributed by atoms with Gasteiger partial charge in [-0.05, 0) is 37.8 Å². The minimum Gasteiger partial charge on any atom is -0.490 e. The lowest BCUT2D eigenvalue weighted by molar-refractivity contribution is 0.248. The summed E-state index contributed by atoms with van der Waals surface area (Å²) in [7, 11) is 0. The van der Waals surface area contributed by atoms with Crippen molar-refractivity contribution >= 4 is 11.7 Å². The summed E-state index contributed by atoms with van der Waals surface area (Å²) in [6.07, 6.45) is 2.95. The lowest BCUT2D eigenvalue weighted by atomic mass is 10.0. The van der Waals surface area contributed by atoms with Crippen molar-refractivity contribution in [2.45, 2.75) is 46.1 Å². The fourth-order valence-electron chi connectivity index (χ4n) is 2.29. The lowest BCUT2D eigenvalue weighted by Crippen LogP contribution is -2.36. The Morgan fingerprint density at radius 3 is 2.59 bits per heavy atom. The SMILES string of the molecule is CC(C)CCC(C)NC(=O)Nc1ccc2c(c1)OCCCO2. The van der Waals surface area contributed by atoms with Gasteiger partial charge >= 0.3 is 6.03 Å². The number of carbonyl (C=O) groups excluding carboxylic acids is 1. The fourth-order valence-corrected chi connectivity index (χ4v) is 2.29. The molecule has 1 unspecified atom stereocenters. The quantitative estimate of drug-likeness (QED) is 0.870. The van der Waals surface area contributed by atoms with Crippen molar-refractivity contribution in [3.05, 3.63) is 18.2 Å². The maximum Gasteiger partial charge on any atom is 0.319 e. The minimum atomic E-state index is -0.189. The molecule has 0 radical (unpaired) electrons. The molecule has 1 aliphatic heterocycles. The summed E-state index contributed by atoms with van der Waals surface area (Å²) in [5.41, 5.74) is 0.706. The summed E-state index contributed by atoms with van der Waals surface area (Å²) in [5.74, 6) is 2.06. The first-order chi connectivity index (χ1) is 10.5. The van der Waals surface area contributed by atoms with Crippen LogP contribution in [0.2, 0.25) is 0 Å². The Kier molecular flexibility index (Phi) is 5.92. The van der Waals surface area contributed by atoms with Crippen molar-refractivity contribution in [1.82, 2.24) is 5.32 Å². The molecular formula is C17H26N2O3. The molecule has 5 nitrogen and oxygen atoms in total. The normalized spacial score (nSPS) is 15.1. The summed E-state index contributed by atoms with van der Waals surface area (Å²) in [5, 5.41) is 5.80. The first-order valence-electron chi connectivity index (χ1n) is 8.01. The van der Waals surface area contributed by atoms with Crippen LogP contribution in [0.15, 0.2) is 18.2 Å². The van der Waals surface area contributed by atoms with Crippen LogP contribution in [0.3, 0.4) is 0 Å². The highest BCUT2D eigenvalue weighted by Gasteiger charge is 2.13. The van der Waals surface area contributed by atoms with Crippen LogP contribution in [0, 0.1) is 5.92 Å². The van der Waals surface area contributed by atoms with Crippen LogP contribution < -0.4 is 20.1 Å². The molecule has 2 rings (SSSR count). The van der Waals surface area contributed by atoms with Crippen molar-refractivity contribution in [1.29, 1.82) is 0 Å². The van der Waals surface area contributed by atoms with Gasteiger partial charge in [-0.1, -0.05) is 13.8 Å². The predicted octanol–water partition coefficient (Wildman–Crippen LogP) is 3.79. The zero-order valence-electron chi connectivity index (χ0n) is 13.6. The second-order valence-electron chi connectivity index (χ2n) is 6.18. The standard InChI is InChI=1S/C17H26N2O3/c1-12(2)5-6-13(3)18-17(20)19-14-7-8-15-16(11-14)22-10-4-9-21-15/h7-8,11-13H,4-6,9-10H2,1-3H3,(H2,18,19,20). The maximum absolute atomic E-state index is 12.0. The second kappa shape index (κ2) is 7.92. The van der Waals surface area contributed by atoms with Gasteiger partial charge in [-0.3, -0.25) is 0 Å². The van der Waals surface area contributed by atoms with E-state index in [0.717, 1.165) is 25.0 Å². The van der Waals surface area contributed by atoms with E-state index < -0.39 is 0 Å². The van der Waals surface area contributed by atoms with E-state index in [0.29, 0.717) is 30.6 Å². The van der Waals surface area contributed by atoms with Crippen molar-refractivity contribution in [2.75, 3.05) is 18.5 Å². The van der Waals surface area contributed by atoms with Gasteiger partial charge in [0, 0.05) is 24.2 Å². The van der Waals surface area contributed by atoms with Gasteiger partial charge < -0.3 is 20.1 Å². The molecule has 0 fully saturated rings. The van der Waals surface area contributed by atoms with Crippen LogP contribution >= 0.6 is 0 Å². The molecule has 0 spiro atoms. The number of hydrogen-bond donors (Lipinski definition) is 2. The molecule has 0 saturated heterocycles.